The molecular weight excluding hydrogens is 300 g/mol. The minimum absolute atomic E-state index is 0.266. The highest BCUT2D eigenvalue weighted by Crippen LogP contribution is 2.15. The highest BCUT2D eigenvalue weighted by Gasteiger charge is 2.28. The zero-order chi connectivity index (χ0) is 9.90. The molecule has 0 spiro atoms. The number of alkyl halides is 3. The first-order valence-electron chi connectivity index (χ1n) is 3.14. The second-order valence-corrected chi connectivity index (χ2v) is 3.33. The van der Waals surface area contributed by atoms with Crippen LogP contribution < -0.4 is 4.74 Å². The molecule has 0 saturated carbocycles. The molecule has 0 atom stereocenters. The van der Waals surface area contributed by atoms with Crippen molar-refractivity contribution in [1.82, 2.24) is 9.97 Å². The van der Waals surface area contributed by atoms with Crippen LogP contribution in [0.3, 0.4) is 0 Å². The summed E-state index contributed by atoms with van der Waals surface area (Å²) in [5, 5.41) is 0. The van der Waals surface area contributed by atoms with Crippen LogP contribution in [0.4, 0.5) is 13.2 Å². The van der Waals surface area contributed by atoms with E-state index in [1.165, 1.54) is 12.4 Å². The van der Waals surface area contributed by atoms with Crippen LogP contribution in [0.5, 0.6) is 6.01 Å². The number of halogens is 4. The molecule has 1 aromatic heterocycles. The maximum absolute atomic E-state index is 11.6. The van der Waals surface area contributed by atoms with Gasteiger partial charge in [0.25, 0.3) is 0 Å². The molecule has 1 heterocycles. The highest BCUT2D eigenvalue weighted by molar-refractivity contribution is 14.1. The molecule has 0 aromatic carbocycles. The average Bonchev–Trinajstić information content (AvgIpc) is 2.02. The molecule has 0 N–H and O–H groups in total. The normalized spacial score (nSPS) is 11.4. The third-order valence-corrected chi connectivity index (χ3v) is 1.52. The molecule has 0 aliphatic rings. The molecular formula is C6H4F3IN2O. The second-order valence-electron chi connectivity index (χ2n) is 2.09. The number of nitrogens with zero attached hydrogens (tertiary/aromatic N) is 2. The maximum Gasteiger partial charge on any atom is 0.422 e. The summed E-state index contributed by atoms with van der Waals surface area (Å²) in [5.41, 5.74) is 0. The lowest BCUT2D eigenvalue weighted by Crippen LogP contribution is -2.20. The van der Waals surface area contributed by atoms with E-state index in [1.54, 1.807) is 0 Å². The zero-order valence-corrected chi connectivity index (χ0v) is 8.33. The number of hydrogen-bond acceptors (Lipinski definition) is 3. The van der Waals surface area contributed by atoms with Crippen molar-refractivity contribution >= 4 is 22.6 Å². The molecule has 0 radical (unpaired) electrons. The Morgan fingerprint density at radius 1 is 1.31 bits per heavy atom. The van der Waals surface area contributed by atoms with E-state index in [-0.39, 0.29) is 6.01 Å². The fourth-order valence-corrected chi connectivity index (χ4v) is 0.800. The van der Waals surface area contributed by atoms with Gasteiger partial charge in [-0.3, -0.25) is 0 Å². The lowest BCUT2D eigenvalue weighted by Gasteiger charge is -2.06. The van der Waals surface area contributed by atoms with Crippen molar-refractivity contribution in [3.63, 3.8) is 0 Å². The first kappa shape index (κ1) is 10.5. The van der Waals surface area contributed by atoms with Crippen molar-refractivity contribution < 1.29 is 17.9 Å². The van der Waals surface area contributed by atoms with Crippen LogP contribution in [-0.4, -0.2) is 22.8 Å². The van der Waals surface area contributed by atoms with Gasteiger partial charge in [-0.15, -0.1) is 0 Å². The monoisotopic (exact) mass is 304 g/mol. The van der Waals surface area contributed by atoms with Crippen molar-refractivity contribution in [3.05, 3.63) is 16.0 Å². The minimum atomic E-state index is -4.35. The maximum atomic E-state index is 11.6. The van der Waals surface area contributed by atoms with Gasteiger partial charge in [-0.05, 0) is 22.6 Å². The van der Waals surface area contributed by atoms with Gasteiger partial charge in [0.2, 0.25) is 0 Å². The van der Waals surface area contributed by atoms with Gasteiger partial charge in [-0.25, -0.2) is 9.97 Å². The van der Waals surface area contributed by atoms with Crippen LogP contribution in [-0.2, 0) is 0 Å². The van der Waals surface area contributed by atoms with Crippen LogP contribution in [0.1, 0.15) is 0 Å². The second kappa shape index (κ2) is 4.07. The summed E-state index contributed by atoms with van der Waals surface area (Å²) >= 11 is 1.94. The van der Waals surface area contributed by atoms with Gasteiger partial charge in [0.05, 0.1) is 0 Å². The Bertz CT molecular complexity index is 274. The van der Waals surface area contributed by atoms with Crippen LogP contribution >= 0.6 is 22.6 Å². The number of hydrogen-bond donors (Lipinski definition) is 0. The molecule has 13 heavy (non-hydrogen) atoms. The van der Waals surface area contributed by atoms with Crippen LogP contribution in [0.15, 0.2) is 12.4 Å². The summed E-state index contributed by atoms with van der Waals surface area (Å²) < 4.78 is 39.9. The molecule has 0 amide bonds. The smallest absolute Gasteiger partial charge is 0.422 e. The molecule has 72 valence electrons. The molecule has 0 unspecified atom stereocenters. The quantitative estimate of drug-likeness (QED) is 0.784. The predicted octanol–water partition coefficient (Wildman–Crippen LogP) is 2.02. The van der Waals surface area contributed by atoms with Crippen molar-refractivity contribution in [3.8, 4) is 6.01 Å². The number of ether oxygens (including phenoxy) is 1. The van der Waals surface area contributed by atoms with E-state index in [2.05, 4.69) is 14.7 Å². The average molecular weight is 304 g/mol. The Labute approximate surface area is 85.5 Å². The molecule has 0 fully saturated rings. The van der Waals surface area contributed by atoms with Crippen LogP contribution in [0, 0.1) is 3.57 Å². The molecule has 1 rings (SSSR count). The largest absolute Gasteiger partial charge is 0.454 e. The highest BCUT2D eigenvalue weighted by atomic mass is 127. The van der Waals surface area contributed by atoms with Crippen LogP contribution in [0.2, 0.25) is 0 Å². The van der Waals surface area contributed by atoms with E-state index in [9.17, 15) is 13.2 Å². The Kier molecular flexibility index (Phi) is 3.28. The third kappa shape index (κ3) is 4.25. The van der Waals surface area contributed by atoms with E-state index in [4.69, 9.17) is 0 Å². The van der Waals surface area contributed by atoms with E-state index in [0.717, 1.165) is 3.57 Å². The van der Waals surface area contributed by atoms with E-state index in [0.29, 0.717) is 0 Å². The van der Waals surface area contributed by atoms with E-state index >= 15 is 0 Å². The number of rotatable bonds is 2. The van der Waals surface area contributed by atoms with E-state index < -0.39 is 12.8 Å². The lowest BCUT2D eigenvalue weighted by atomic mass is 10.7. The first-order chi connectivity index (χ1) is 5.97. The van der Waals surface area contributed by atoms with Crippen molar-refractivity contribution in [2.75, 3.05) is 6.61 Å². The summed E-state index contributed by atoms with van der Waals surface area (Å²) in [6.07, 6.45) is -1.61. The Balaban J connectivity index is 2.51. The summed E-state index contributed by atoms with van der Waals surface area (Å²) in [5.74, 6) is 0. The molecule has 0 bridgehead atoms. The minimum Gasteiger partial charge on any atom is -0.454 e. The van der Waals surface area contributed by atoms with Crippen molar-refractivity contribution in [2.24, 2.45) is 0 Å². The lowest BCUT2D eigenvalue weighted by molar-refractivity contribution is -0.154. The number of aromatic nitrogens is 2. The molecule has 0 aliphatic heterocycles. The third-order valence-electron chi connectivity index (χ3n) is 0.962. The molecule has 0 saturated heterocycles. The van der Waals surface area contributed by atoms with Gasteiger partial charge in [-0.2, -0.15) is 13.2 Å². The van der Waals surface area contributed by atoms with Crippen molar-refractivity contribution in [2.45, 2.75) is 6.18 Å². The van der Waals surface area contributed by atoms with E-state index in [1.807, 2.05) is 22.6 Å². The molecule has 3 nitrogen and oxygen atoms in total. The predicted molar refractivity (Wildman–Crippen MR) is 46.3 cm³/mol. The summed E-state index contributed by atoms with van der Waals surface area (Å²) in [6, 6.07) is -0.266. The fourth-order valence-electron chi connectivity index (χ4n) is 0.521. The van der Waals surface area contributed by atoms with Gasteiger partial charge in [-0.1, -0.05) is 0 Å². The molecule has 7 heteroatoms. The topological polar surface area (TPSA) is 35.0 Å². The van der Waals surface area contributed by atoms with Crippen molar-refractivity contribution in [1.29, 1.82) is 0 Å². The SMILES string of the molecule is FC(F)(F)COc1ncc(I)cn1. The molecule has 1 aromatic rings. The zero-order valence-electron chi connectivity index (χ0n) is 6.18. The summed E-state index contributed by atoms with van der Waals surface area (Å²) in [4.78, 5) is 7.08. The van der Waals surface area contributed by atoms with Gasteiger partial charge in [0.1, 0.15) is 0 Å². The van der Waals surface area contributed by atoms with Gasteiger partial charge < -0.3 is 4.74 Å². The van der Waals surface area contributed by atoms with Crippen LogP contribution in [0.25, 0.3) is 0 Å². The standard InChI is InChI=1S/C6H4F3IN2O/c7-6(8,9)3-13-5-11-1-4(10)2-12-5/h1-2H,3H2. The Morgan fingerprint density at radius 2 is 1.85 bits per heavy atom. The Morgan fingerprint density at radius 3 is 2.31 bits per heavy atom. The summed E-state index contributed by atoms with van der Waals surface area (Å²) in [6.45, 7) is -1.37. The Hall–Kier alpha value is -0.600. The summed E-state index contributed by atoms with van der Waals surface area (Å²) in [7, 11) is 0. The van der Waals surface area contributed by atoms with Gasteiger partial charge in [0.15, 0.2) is 6.61 Å². The van der Waals surface area contributed by atoms with Gasteiger partial charge in [0, 0.05) is 16.0 Å². The first-order valence-corrected chi connectivity index (χ1v) is 4.22. The molecule has 0 aliphatic carbocycles. The van der Waals surface area contributed by atoms with Gasteiger partial charge >= 0.3 is 12.2 Å². The fraction of sp³-hybridized carbons (Fsp3) is 0.333.